The van der Waals surface area contributed by atoms with E-state index in [1.54, 1.807) is 7.11 Å². The first-order valence-corrected chi connectivity index (χ1v) is 10.1. The van der Waals surface area contributed by atoms with Crippen LogP contribution in [0.25, 0.3) is 0 Å². The Labute approximate surface area is 157 Å². The molecule has 1 N–H and O–H groups in total. The summed E-state index contributed by atoms with van der Waals surface area (Å²) in [4.78, 5) is 12.6. The fourth-order valence-electron chi connectivity index (χ4n) is 2.45. The number of anilines is 1. The highest BCUT2D eigenvalue weighted by Gasteiger charge is 2.17. The normalized spacial score (nSPS) is 11.3. The van der Waals surface area contributed by atoms with Gasteiger partial charge in [-0.3, -0.25) is 4.79 Å². The number of ketones is 1. The molecule has 2 heterocycles. The topological polar surface area (TPSA) is 69.0 Å². The van der Waals surface area contributed by atoms with Crippen molar-refractivity contribution in [3.05, 3.63) is 23.0 Å². The van der Waals surface area contributed by atoms with Gasteiger partial charge in [-0.2, -0.15) is 0 Å². The second kappa shape index (κ2) is 9.35. The maximum absolute atomic E-state index is 12.6. The van der Waals surface area contributed by atoms with E-state index in [2.05, 4.69) is 33.9 Å². The molecule has 0 amide bonds. The summed E-state index contributed by atoms with van der Waals surface area (Å²) in [5.74, 6) is 1.04. The van der Waals surface area contributed by atoms with E-state index < -0.39 is 0 Å². The highest BCUT2D eigenvalue weighted by atomic mass is 32.2. The van der Waals surface area contributed by atoms with Gasteiger partial charge in [-0.25, -0.2) is 0 Å². The first-order chi connectivity index (χ1) is 11.9. The van der Waals surface area contributed by atoms with E-state index in [0.717, 1.165) is 39.5 Å². The number of aromatic nitrogens is 3. The molecule has 2 aromatic rings. The lowest BCUT2D eigenvalue weighted by atomic mass is 10.2. The van der Waals surface area contributed by atoms with Gasteiger partial charge in [0.05, 0.1) is 12.4 Å². The Bertz CT molecular complexity index is 710. The van der Waals surface area contributed by atoms with Gasteiger partial charge < -0.3 is 14.6 Å². The Morgan fingerprint density at radius 2 is 2.16 bits per heavy atom. The van der Waals surface area contributed by atoms with Crippen molar-refractivity contribution in [1.82, 2.24) is 14.8 Å². The molecule has 0 saturated carbocycles. The zero-order chi connectivity index (χ0) is 18.4. The number of carbonyl (C=O) groups excluding carboxylic acids is 1. The maximum Gasteiger partial charge on any atom is 0.206 e. The van der Waals surface area contributed by atoms with Crippen LogP contribution in [0.4, 0.5) is 5.13 Å². The van der Waals surface area contributed by atoms with Gasteiger partial charge in [0.2, 0.25) is 5.13 Å². The molecule has 6 nitrogen and oxygen atoms in total. The number of hydrogen-bond acceptors (Lipinski definition) is 7. The van der Waals surface area contributed by atoms with Gasteiger partial charge in [-0.15, -0.1) is 10.2 Å². The Balaban J connectivity index is 1.94. The molecule has 0 radical (unpaired) electrons. The molecule has 0 saturated heterocycles. The minimum absolute atomic E-state index is 0.119. The second-order valence-corrected chi connectivity index (χ2v) is 8.49. The second-order valence-electron chi connectivity index (χ2n) is 6.29. The molecule has 0 fully saturated rings. The molecule has 0 unspecified atom stereocenters. The van der Waals surface area contributed by atoms with Crippen LogP contribution in [-0.2, 0) is 11.3 Å². The number of aryl methyl sites for hydroxylation is 1. The monoisotopic (exact) mass is 382 g/mol. The predicted octanol–water partition coefficient (Wildman–Crippen LogP) is 3.65. The predicted molar refractivity (Wildman–Crippen MR) is 104 cm³/mol. The van der Waals surface area contributed by atoms with E-state index in [9.17, 15) is 4.79 Å². The number of ether oxygens (including phenoxy) is 1. The average molecular weight is 383 g/mol. The summed E-state index contributed by atoms with van der Waals surface area (Å²) < 4.78 is 8.08. The smallest absolute Gasteiger partial charge is 0.206 e. The molecule has 0 bridgehead atoms. The molecule has 0 aliphatic heterocycles. The minimum atomic E-state index is 0.119. The molecule has 25 heavy (non-hydrogen) atoms. The molecule has 0 aliphatic carbocycles. The van der Waals surface area contributed by atoms with Crippen LogP contribution in [-0.4, -0.2) is 46.6 Å². The van der Waals surface area contributed by atoms with E-state index >= 15 is 0 Å². The van der Waals surface area contributed by atoms with Crippen LogP contribution in [0.3, 0.4) is 0 Å². The Morgan fingerprint density at radius 3 is 2.84 bits per heavy atom. The lowest BCUT2D eigenvalue weighted by Crippen LogP contribution is -2.09. The molecule has 2 aromatic heterocycles. The van der Waals surface area contributed by atoms with Crippen molar-refractivity contribution in [2.24, 2.45) is 5.92 Å². The van der Waals surface area contributed by atoms with Crippen LogP contribution >= 0.6 is 23.1 Å². The maximum atomic E-state index is 12.6. The van der Waals surface area contributed by atoms with Gasteiger partial charge in [0.1, 0.15) is 0 Å². The standard InChI is InChI=1S/C17H26N4O2S2/c1-11(2)9-18-16-19-20-17(25-16)24-10-15(22)14-8-12(3)21(13(14)4)6-7-23-5/h8,11H,6-7,9-10H2,1-5H3,(H,18,19). The number of carbonyl (C=O) groups is 1. The summed E-state index contributed by atoms with van der Waals surface area (Å²) in [5, 5.41) is 12.3. The number of nitrogens with one attached hydrogen (secondary N) is 1. The SMILES string of the molecule is COCCn1c(C)cc(C(=O)CSc2nnc(NCC(C)C)s2)c1C. The fraction of sp³-hybridized carbons (Fsp3) is 0.588. The molecule has 0 spiro atoms. The number of rotatable bonds is 10. The first-order valence-electron chi connectivity index (χ1n) is 8.31. The van der Waals surface area contributed by atoms with Gasteiger partial charge >= 0.3 is 0 Å². The summed E-state index contributed by atoms with van der Waals surface area (Å²) in [7, 11) is 1.68. The quantitative estimate of drug-likeness (QED) is 0.500. The van der Waals surface area contributed by atoms with E-state index in [0.29, 0.717) is 18.3 Å². The number of Topliss-reactive ketones (excluding diaryl/α,β-unsaturated/α-hetero) is 1. The summed E-state index contributed by atoms with van der Waals surface area (Å²) >= 11 is 2.93. The number of thioether (sulfide) groups is 1. The fourth-order valence-corrected chi connectivity index (χ4v) is 4.09. The minimum Gasteiger partial charge on any atom is -0.383 e. The third-order valence-electron chi connectivity index (χ3n) is 3.79. The Kier molecular flexibility index (Phi) is 7.46. The molecule has 138 valence electrons. The molecule has 0 aliphatic rings. The largest absolute Gasteiger partial charge is 0.383 e. The zero-order valence-electron chi connectivity index (χ0n) is 15.5. The van der Waals surface area contributed by atoms with Crippen molar-refractivity contribution in [2.75, 3.05) is 31.3 Å². The van der Waals surface area contributed by atoms with Crippen LogP contribution in [0.2, 0.25) is 0 Å². The molecule has 2 rings (SSSR count). The van der Waals surface area contributed by atoms with Crippen LogP contribution in [0.5, 0.6) is 0 Å². The summed E-state index contributed by atoms with van der Waals surface area (Å²) in [6, 6.07) is 1.96. The molecule has 8 heteroatoms. The summed E-state index contributed by atoms with van der Waals surface area (Å²) in [6.07, 6.45) is 0. The van der Waals surface area contributed by atoms with Gasteiger partial charge in [0.15, 0.2) is 10.1 Å². The number of nitrogens with zero attached hydrogens (tertiary/aromatic N) is 3. The number of methoxy groups -OCH3 is 1. The van der Waals surface area contributed by atoms with Crippen molar-refractivity contribution in [2.45, 2.75) is 38.6 Å². The van der Waals surface area contributed by atoms with Crippen molar-refractivity contribution >= 4 is 34.0 Å². The number of hydrogen-bond donors (Lipinski definition) is 1. The van der Waals surface area contributed by atoms with E-state index in [1.165, 1.54) is 23.1 Å². The van der Waals surface area contributed by atoms with Crippen LogP contribution in [0, 0.1) is 19.8 Å². The van der Waals surface area contributed by atoms with Crippen LogP contribution in [0.1, 0.15) is 35.6 Å². The van der Waals surface area contributed by atoms with Crippen LogP contribution in [0.15, 0.2) is 10.4 Å². The molecular formula is C17H26N4O2S2. The Hall–Kier alpha value is -1.38. The first kappa shape index (κ1) is 19.9. The lowest BCUT2D eigenvalue weighted by molar-refractivity contribution is 0.102. The lowest BCUT2D eigenvalue weighted by Gasteiger charge is -2.08. The van der Waals surface area contributed by atoms with E-state index in [4.69, 9.17) is 4.74 Å². The third kappa shape index (κ3) is 5.55. The third-order valence-corrected chi connectivity index (χ3v) is 5.80. The zero-order valence-corrected chi connectivity index (χ0v) is 17.1. The van der Waals surface area contributed by atoms with Crippen molar-refractivity contribution in [3.63, 3.8) is 0 Å². The molecule has 0 atom stereocenters. The van der Waals surface area contributed by atoms with Gasteiger partial charge in [-0.05, 0) is 25.8 Å². The Morgan fingerprint density at radius 1 is 1.40 bits per heavy atom. The van der Waals surface area contributed by atoms with Gasteiger partial charge in [0, 0.05) is 37.2 Å². The molecular weight excluding hydrogens is 356 g/mol. The van der Waals surface area contributed by atoms with Crippen molar-refractivity contribution < 1.29 is 9.53 Å². The van der Waals surface area contributed by atoms with Crippen molar-refractivity contribution in [1.29, 1.82) is 0 Å². The highest BCUT2D eigenvalue weighted by Crippen LogP contribution is 2.27. The van der Waals surface area contributed by atoms with E-state index in [-0.39, 0.29) is 5.78 Å². The summed E-state index contributed by atoms with van der Waals surface area (Å²) in [5.41, 5.74) is 2.86. The van der Waals surface area contributed by atoms with Crippen molar-refractivity contribution in [3.8, 4) is 0 Å². The highest BCUT2D eigenvalue weighted by molar-refractivity contribution is 8.01. The van der Waals surface area contributed by atoms with E-state index in [1.807, 2.05) is 19.9 Å². The average Bonchev–Trinajstić information content (AvgIpc) is 3.14. The summed E-state index contributed by atoms with van der Waals surface area (Å²) in [6.45, 7) is 10.6. The van der Waals surface area contributed by atoms with Gasteiger partial charge in [-0.1, -0.05) is 36.9 Å². The van der Waals surface area contributed by atoms with Gasteiger partial charge in [0.25, 0.3) is 0 Å². The van der Waals surface area contributed by atoms with Crippen LogP contribution < -0.4 is 5.32 Å². The molecule has 0 aromatic carbocycles.